The molecule has 0 heterocycles. The number of aliphatic hydroxyl groups is 2. The molecule has 8 atom stereocenters. The summed E-state index contributed by atoms with van der Waals surface area (Å²) in [6.45, 7) is 16.5. The summed E-state index contributed by atoms with van der Waals surface area (Å²) >= 11 is 0. The van der Waals surface area contributed by atoms with Crippen LogP contribution in [0.1, 0.15) is 145 Å². The van der Waals surface area contributed by atoms with Crippen molar-refractivity contribution in [2.45, 2.75) is 156 Å². The molecule has 194 valence electrons. The van der Waals surface area contributed by atoms with Gasteiger partial charge in [0.1, 0.15) is 0 Å². The van der Waals surface area contributed by atoms with E-state index in [0.29, 0.717) is 10.8 Å². The maximum Gasteiger partial charge on any atom is 0.0622 e. The third-order valence-corrected chi connectivity index (χ3v) is 11.1. The first kappa shape index (κ1) is 27.5. The molecular weight excluding hydrogens is 404 g/mol. The van der Waals surface area contributed by atoms with E-state index in [1.165, 1.54) is 57.8 Å². The molecular formula is C31H58O2. The van der Waals surface area contributed by atoms with Gasteiger partial charge < -0.3 is 10.2 Å². The van der Waals surface area contributed by atoms with E-state index in [1.54, 1.807) is 0 Å². The molecule has 2 heteroatoms. The largest absolute Gasteiger partial charge is 0.390 e. The lowest BCUT2D eigenvalue weighted by Gasteiger charge is -2.62. The Labute approximate surface area is 206 Å². The van der Waals surface area contributed by atoms with E-state index in [2.05, 4.69) is 41.5 Å². The molecule has 8 unspecified atom stereocenters. The van der Waals surface area contributed by atoms with Crippen molar-refractivity contribution in [3.8, 4) is 0 Å². The summed E-state index contributed by atoms with van der Waals surface area (Å²) < 4.78 is 0. The van der Waals surface area contributed by atoms with Crippen LogP contribution in [0.3, 0.4) is 0 Å². The van der Waals surface area contributed by atoms with Crippen LogP contribution in [0.2, 0.25) is 0 Å². The Hall–Kier alpha value is -0.0800. The van der Waals surface area contributed by atoms with Crippen LogP contribution in [0, 0.1) is 40.4 Å². The highest BCUT2D eigenvalue weighted by atomic mass is 16.3. The van der Waals surface area contributed by atoms with Gasteiger partial charge in [-0.2, -0.15) is 0 Å². The van der Waals surface area contributed by atoms with Crippen LogP contribution in [0.15, 0.2) is 0 Å². The smallest absolute Gasteiger partial charge is 0.0622 e. The number of hydrogen-bond donors (Lipinski definition) is 2. The Morgan fingerprint density at radius 3 is 2.36 bits per heavy atom. The minimum atomic E-state index is -0.471. The van der Waals surface area contributed by atoms with E-state index in [-0.39, 0.29) is 0 Å². The van der Waals surface area contributed by atoms with Crippen molar-refractivity contribution in [3.05, 3.63) is 0 Å². The number of unbranched alkanes of at least 4 members (excludes halogenated alkanes) is 1. The number of fused-ring (bicyclic) bond motifs is 3. The maximum absolute atomic E-state index is 10.7. The zero-order chi connectivity index (χ0) is 24.5. The monoisotopic (exact) mass is 462 g/mol. The lowest BCUT2D eigenvalue weighted by Crippen LogP contribution is -2.55. The summed E-state index contributed by atoms with van der Waals surface area (Å²) in [6.07, 6.45) is 18.2. The Morgan fingerprint density at radius 1 is 0.939 bits per heavy atom. The van der Waals surface area contributed by atoms with E-state index in [1.807, 2.05) is 6.92 Å². The maximum atomic E-state index is 10.7. The number of rotatable bonds is 10. The van der Waals surface area contributed by atoms with E-state index in [9.17, 15) is 10.2 Å². The van der Waals surface area contributed by atoms with Crippen molar-refractivity contribution in [3.63, 3.8) is 0 Å². The molecule has 0 spiro atoms. The molecule has 0 aliphatic heterocycles. The van der Waals surface area contributed by atoms with Gasteiger partial charge in [0, 0.05) is 0 Å². The summed E-state index contributed by atoms with van der Waals surface area (Å²) in [4.78, 5) is 0. The molecule has 33 heavy (non-hydrogen) atoms. The summed E-state index contributed by atoms with van der Waals surface area (Å²) in [5, 5.41) is 21.4. The minimum Gasteiger partial charge on any atom is -0.390 e. The van der Waals surface area contributed by atoms with Crippen LogP contribution >= 0.6 is 0 Å². The van der Waals surface area contributed by atoms with E-state index in [0.717, 1.165) is 68.1 Å². The van der Waals surface area contributed by atoms with Crippen molar-refractivity contribution in [1.82, 2.24) is 0 Å². The molecule has 0 saturated heterocycles. The van der Waals surface area contributed by atoms with Crippen molar-refractivity contribution >= 4 is 0 Å². The molecule has 0 aromatic carbocycles. The molecule has 3 aliphatic rings. The van der Waals surface area contributed by atoms with Crippen LogP contribution in [0.4, 0.5) is 0 Å². The Morgan fingerprint density at radius 2 is 1.67 bits per heavy atom. The molecule has 3 fully saturated rings. The molecule has 3 aliphatic carbocycles. The van der Waals surface area contributed by atoms with Crippen LogP contribution in [0.5, 0.6) is 0 Å². The molecule has 0 aromatic heterocycles. The molecule has 3 rings (SSSR count). The first-order chi connectivity index (χ1) is 15.3. The summed E-state index contributed by atoms with van der Waals surface area (Å²) in [6, 6.07) is 0. The molecule has 0 radical (unpaired) electrons. The van der Waals surface area contributed by atoms with Crippen molar-refractivity contribution in [2.75, 3.05) is 0 Å². The quantitative estimate of drug-likeness (QED) is 0.341. The summed E-state index contributed by atoms with van der Waals surface area (Å²) in [5.74, 6) is 4.07. The lowest BCUT2D eigenvalue weighted by atomic mass is 9.44. The predicted octanol–water partition coefficient (Wildman–Crippen LogP) is 8.53. The highest BCUT2D eigenvalue weighted by Crippen LogP contribution is 2.64. The molecule has 2 nitrogen and oxygen atoms in total. The fourth-order valence-corrected chi connectivity index (χ4v) is 8.61. The van der Waals surface area contributed by atoms with Crippen molar-refractivity contribution in [1.29, 1.82) is 0 Å². The first-order valence-electron chi connectivity index (χ1n) is 14.7. The van der Waals surface area contributed by atoms with Crippen LogP contribution in [-0.2, 0) is 0 Å². The normalized spacial score (nSPS) is 41.0. The van der Waals surface area contributed by atoms with Gasteiger partial charge in [-0.1, -0.05) is 60.3 Å². The van der Waals surface area contributed by atoms with E-state index < -0.39 is 11.2 Å². The van der Waals surface area contributed by atoms with Gasteiger partial charge in [-0.25, -0.2) is 0 Å². The topological polar surface area (TPSA) is 40.5 Å². The zero-order valence-electron chi connectivity index (χ0n) is 23.4. The Balaban J connectivity index is 1.55. The summed E-state index contributed by atoms with van der Waals surface area (Å²) in [7, 11) is 0. The molecule has 3 saturated carbocycles. The zero-order valence-corrected chi connectivity index (χ0v) is 23.4. The summed E-state index contributed by atoms with van der Waals surface area (Å²) in [5.41, 5.74) is 0.0259. The minimum absolute atomic E-state index is 0.429. The second-order valence-corrected chi connectivity index (χ2v) is 14.6. The molecule has 0 aromatic rings. The van der Waals surface area contributed by atoms with Gasteiger partial charge >= 0.3 is 0 Å². The third-order valence-electron chi connectivity index (χ3n) is 11.1. The van der Waals surface area contributed by atoms with Crippen LogP contribution in [-0.4, -0.2) is 21.4 Å². The predicted molar refractivity (Wildman–Crippen MR) is 141 cm³/mol. The van der Waals surface area contributed by atoms with Gasteiger partial charge in [-0.3, -0.25) is 0 Å². The standard InChI is InChI=1S/C31H58O2/c1-8-9-17-29(5,32)19-15-23(2)11-10-12-26-25-14-13-24-22-30(6,33)20-21-31(24,7)27(25)16-18-28(26,3)4/h23-27,32-33H,8-22H2,1-7H3. The van der Waals surface area contributed by atoms with Crippen LogP contribution < -0.4 is 0 Å². The molecule has 0 amide bonds. The van der Waals surface area contributed by atoms with Gasteiger partial charge in [0.05, 0.1) is 11.2 Å². The average molecular weight is 463 g/mol. The average Bonchev–Trinajstić information content (AvgIpc) is 2.72. The van der Waals surface area contributed by atoms with Crippen LogP contribution in [0.25, 0.3) is 0 Å². The van der Waals surface area contributed by atoms with Gasteiger partial charge in [0.25, 0.3) is 0 Å². The number of hydrogen-bond acceptors (Lipinski definition) is 2. The fraction of sp³-hybridized carbons (Fsp3) is 1.00. The second kappa shape index (κ2) is 10.5. The van der Waals surface area contributed by atoms with Gasteiger partial charge in [0.15, 0.2) is 0 Å². The SMILES string of the molecule is CCCCC(C)(O)CCC(C)CCCC1C2CCC3CC(C)(O)CCC3(C)C2CCC1(C)C. The van der Waals surface area contributed by atoms with Gasteiger partial charge in [-0.15, -0.1) is 0 Å². The Bertz CT molecular complexity index is 620. The Kier molecular flexibility index (Phi) is 8.75. The first-order valence-corrected chi connectivity index (χ1v) is 14.7. The fourth-order valence-electron chi connectivity index (χ4n) is 8.61. The highest BCUT2D eigenvalue weighted by Gasteiger charge is 2.56. The lowest BCUT2D eigenvalue weighted by molar-refractivity contribution is -0.146. The molecule has 0 bridgehead atoms. The highest BCUT2D eigenvalue weighted by molar-refractivity contribution is 5.06. The molecule has 2 N–H and O–H groups in total. The van der Waals surface area contributed by atoms with Crippen molar-refractivity contribution < 1.29 is 10.2 Å². The van der Waals surface area contributed by atoms with Crippen molar-refractivity contribution in [2.24, 2.45) is 40.4 Å². The van der Waals surface area contributed by atoms with E-state index in [4.69, 9.17) is 0 Å². The van der Waals surface area contributed by atoms with E-state index >= 15 is 0 Å². The third kappa shape index (κ3) is 6.58. The second-order valence-electron chi connectivity index (χ2n) is 14.6. The van der Waals surface area contributed by atoms with Gasteiger partial charge in [0.2, 0.25) is 0 Å². The van der Waals surface area contributed by atoms with Gasteiger partial charge in [-0.05, 0) is 125 Å².